The van der Waals surface area contributed by atoms with Crippen molar-refractivity contribution < 1.29 is 9.15 Å². The Morgan fingerprint density at radius 3 is 2.59 bits per heavy atom. The molecule has 0 saturated heterocycles. The summed E-state index contributed by atoms with van der Waals surface area (Å²) in [5.41, 5.74) is 2.23. The van der Waals surface area contributed by atoms with E-state index in [1.165, 1.54) is 5.56 Å². The summed E-state index contributed by atoms with van der Waals surface area (Å²) in [6.07, 6.45) is 1.88. The van der Waals surface area contributed by atoms with E-state index < -0.39 is 0 Å². The highest BCUT2D eigenvalue weighted by Crippen LogP contribution is 2.08. The Hall–Kier alpha value is -1.61. The van der Waals surface area contributed by atoms with Crippen LogP contribution in [-0.4, -0.2) is 37.2 Å². The second-order valence-corrected chi connectivity index (χ2v) is 6.07. The molecule has 2 rings (SSSR count). The number of aliphatic imine (C=N–C) groups is 1. The Labute approximate surface area is 179 Å². The van der Waals surface area contributed by atoms with E-state index in [1.54, 1.807) is 0 Å². The largest absolute Gasteiger partial charge is 0.444 e. The van der Waals surface area contributed by atoms with Gasteiger partial charge in [0.25, 0.3) is 0 Å². The Morgan fingerprint density at radius 2 is 1.93 bits per heavy atom. The zero-order chi connectivity index (χ0) is 18.6. The van der Waals surface area contributed by atoms with Crippen molar-refractivity contribution in [3.8, 4) is 0 Å². The molecule has 27 heavy (non-hydrogen) atoms. The number of aromatic nitrogens is 1. The van der Waals surface area contributed by atoms with Gasteiger partial charge in [-0.2, -0.15) is 0 Å². The summed E-state index contributed by atoms with van der Waals surface area (Å²) >= 11 is 0. The van der Waals surface area contributed by atoms with Crippen molar-refractivity contribution in [2.75, 3.05) is 26.3 Å². The Balaban J connectivity index is 0.00000364. The van der Waals surface area contributed by atoms with Crippen LogP contribution in [0.1, 0.15) is 36.3 Å². The van der Waals surface area contributed by atoms with Gasteiger partial charge in [0.2, 0.25) is 5.89 Å². The van der Waals surface area contributed by atoms with Gasteiger partial charge in [-0.15, -0.1) is 24.0 Å². The molecule has 150 valence electrons. The van der Waals surface area contributed by atoms with E-state index in [9.17, 15) is 0 Å². The summed E-state index contributed by atoms with van der Waals surface area (Å²) in [6.45, 7) is 9.42. The van der Waals surface area contributed by atoms with Crippen LogP contribution in [-0.2, 0) is 17.7 Å². The van der Waals surface area contributed by atoms with E-state index in [-0.39, 0.29) is 24.0 Å². The van der Waals surface area contributed by atoms with Crippen LogP contribution >= 0.6 is 24.0 Å². The highest BCUT2D eigenvalue weighted by molar-refractivity contribution is 14.0. The maximum Gasteiger partial charge on any atom is 0.216 e. The van der Waals surface area contributed by atoms with Gasteiger partial charge >= 0.3 is 0 Å². The maximum absolute atomic E-state index is 5.70. The molecular formula is C20H31IN4O2. The molecule has 1 aromatic carbocycles. The third kappa shape index (κ3) is 9.23. The van der Waals surface area contributed by atoms with Crippen LogP contribution in [0.3, 0.4) is 0 Å². The molecule has 2 N–H and O–H groups in total. The van der Waals surface area contributed by atoms with Gasteiger partial charge in [0.15, 0.2) is 5.96 Å². The molecule has 0 aliphatic rings. The molecule has 2 aromatic rings. The van der Waals surface area contributed by atoms with Gasteiger partial charge in [-0.1, -0.05) is 30.3 Å². The SMILES string of the molecule is CCNC(=NCc1nc(C)c(C)o1)NCCCOCCc1ccccc1.I. The highest BCUT2D eigenvalue weighted by atomic mass is 127. The minimum Gasteiger partial charge on any atom is -0.444 e. The Kier molecular flexibility index (Phi) is 11.8. The minimum atomic E-state index is 0. The lowest BCUT2D eigenvalue weighted by molar-refractivity contribution is 0.135. The number of hydrogen-bond donors (Lipinski definition) is 2. The third-order valence-electron chi connectivity index (χ3n) is 3.93. The summed E-state index contributed by atoms with van der Waals surface area (Å²) < 4.78 is 11.3. The molecule has 0 radical (unpaired) electrons. The number of rotatable bonds is 10. The first-order valence-electron chi connectivity index (χ1n) is 9.25. The Morgan fingerprint density at radius 1 is 1.15 bits per heavy atom. The molecular weight excluding hydrogens is 455 g/mol. The number of nitrogens with zero attached hydrogens (tertiary/aromatic N) is 2. The average Bonchev–Trinajstić information content (AvgIpc) is 2.97. The molecule has 0 bridgehead atoms. The van der Waals surface area contributed by atoms with Gasteiger partial charge in [-0.25, -0.2) is 9.98 Å². The summed E-state index contributed by atoms with van der Waals surface area (Å²) in [6, 6.07) is 10.4. The molecule has 0 amide bonds. The first-order chi connectivity index (χ1) is 12.7. The summed E-state index contributed by atoms with van der Waals surface area (Å²) in [4.78, 5) is 8.86. The van der Waals surface area contributed by atoms with E-state index in [1.807, 2.05) is 26.8 Å². The average molecular weight is 486 g/mol. The predicted octanol–water partition coefficient (Wildman–Crippen LogP) is 3.61. The van der Waals surface area contributed by atoms with Crippen molar-refractivity contribution in [2.24, 2.45) is 4.99 Å². The van der Waals surface area contributed by atoms with Gasteiger partial charge in [0.1, 0.15) is 12.3 Å². The van der Waals surface area contributed by atoms with E-state index in [4.69, 9.17) is 9.15 Å². The fourth-order valence-corrected chi connectivity index (χ4v) is 2.41. The quantitative estimate of drug-likeness (QED) is 0.232. The van der Waals surface area contributed by atoms with Crippen LogP contribution in [0.15, 0.2) is 39.7 Å². The first kappa shape index (κ1) is 23.4. The number of halogens is 1. The maximum atomic E-state index is 5.70. The molecule has 0 atom stereocenters. The second-order valence-electron chi connectivity index (χ2n) is 6.07. The predicted molar refractivity (Wildman–Crippen MR) is 120 cm³/mol. The molecule has 0 unspecified atom stereocenters. The monoisotopic (exact) mass is 486 g/mol. The standard InChI is InChI=1S/C20H30N4O2.HI/c1-4-21-20(23-15-19-24-16(2)17(3)26-19)22-12-8-13-25-14-11-18-9-6-5-7-10-18;/h5-7,9-10H,4,8,11-15H2,1-3H3,(H2,21,22,23);1H. The normalized spacial score (nSPS) is 11.1. The number of benzene rings is 1. The molecule has 0 spiro atoms. The first-order valence-corrected chi connectivity index (χ1v) is 9.25. The molecule has 0 fully saturated rings. The second kappa shape index (κ2) is 13.5. The lowest BCUT2D eigenvalue weighted by atomic mass is 10.2. The van der Waals surface area contributed by atoms with Crippen molar-refractivity contribution in [2.45, 2.75) is 40.2 Å². The summed E-state index contributed by atoms with van der Waals surface area (Å²) in [7, 11) is 0. The molecule has 1 aromatic heterocycles. The van der Waals surface area contributed by atoms with Crippen LogP contribution in [0.25, 0.3) is 0 Å². The lowest BCUT2D eigenvalue weighted by Crippen LogP contribution is -2.38. The number of ether oxygens (including phenoxy) is 1. The molecule has 0 aliphatic heterocycles. The van der Waals surface area contributed by atoms with Crippen LogP contribution in [0.4, 0.5) is 0 Å². The van der Waals surface area contributed by atoms with Crippen molar-refractivity contribution in [3.63, 3.8) is 0 Å². The van der Waals surface area contributed by atoms with Crippen molar-refractivity contribution in [1.29, 1.82) is 0 Å². The molecule has 1 heterocycles. The Bertz CT molecular complexity index is 654. The number of guanidine groups is 1. The van der Waals surface area contributed by atoms with Gasteiger partial charge in [-0.05, 0) is 39.2 Å². The van der Waals surface area contributed by atoms with Crippen LogP contribution < -0.4 is 10.6 Å². The topological polar surface area (TPSA) is 71.7 Å². The van der Waals surface area contributed by atoms with Crippen LogP contribution in [0.5, 0.6) is 0 Å². The van der Waals surface area contributed by atoms with Crippen molar-refractivity contribution in [1.82, 2.24) is 15.6 Å². The van der Waals surface area contributed by atoms with Gasteiger partial charge < -0.3 is 19.8 Å². The number of oxazole rings is 1. The van der Waals surface area contributed by atoms with Gasteiger partial charge in [0.05, 0.1) is 12.3 Å². The van der Waals surface area contributed by atoms with Crippen LogP contribution in [0.2, 0.25) is 0 Å². The number of aryl methyl sites for hydroxylation is 2. The highest BCUT2D eigenvalue weighted by Gasteiger charge is 2.05. The molecule has 6 nitrogen and oxygen atoms in total. The fourth-order valence-electron chi connectivity index (χ4n) is 2.41. The van der Waals surface area contributed by atoms with E-state index in [0.717, 1.165) is 56.6 Å². The number of hydrogen-bond acceptors (Lipinski definition) is 4. The number of nitrogens with one attached hydrogen (secondary N) is 2. The molecule has 0 saturated carbocycles. The third-order valence-corrected chi connectivity index (χ3v) is 3.93. The molecule has 0 aliphatic carbocycles. The van der Waals surface area contributed by atoms with E-state index >= 15 is 0 Å². The molecule has 7 heteroatoms. The van der Waals surface area contributed by atoms with Crippen molar-refractivity contribution >= 4 is 29.9 Å². The fraction of sp³-hybridized carbons (Fsp3) is 0.500. The van der Waals surface area contributed by atoms with Gasteiger partial charge in [-0.3, -0.25) is 0 Å². The zero-order valence-electron chi connectivity index (χ0n) is 16.5. The zero-order valence-corrected chi connectivity index (χ0v) is 18.8. The van der Waals surface area contributed by atoms with Crippen molar-refractivity contribution in [3.05, 3.63) is 53.2 Å². The minimum absolute atomic E-state index is 0. The lowest BCUT2D eigenvalue weighted by Gasteiger charge is -2.11. The van der Waals surface area contributed by atoms with Crippen LogP contribution in [0, 0.1) is 13.8 Å². The summed E-state index contributed by atoms with van der Waals surface area (Å²) in [5.74, 6) is 2.26. The summed E-state index contributed by atoms with van der Waals surface area (Å²) in [5, 5.41) is 6.54. The van der Waals surface area contributed by atoms with E-state index in [0.29, 0.717) is 12.4 Å². The van der Waals surface area contributed by atoms with E-state index in [2.05, 4.69) is 44.9 Å². The van der Waals surface area contributed by atoms with Gasteiger partial charge in [0, 0.05) is 19.7 Å². The smallest absolute Gasteiger partial charge is 0.216 e.